The molecule has 0 fully saturated rings. The quantitative estimate of drug-likeness (QED) is 0.681. The van der Waals surface area contributed by atoms with E-state index in [0.717, 1.165) is 11.3 Å². The van der Waals surface area contributed by atoms with Gasteiger partial charge in [-0.15, -0.1) is 10.2 Å². The number of benzene rings is 2. The third-order valence-electron chi connectivity index (χ3n) is 3.25. The number of para-hydroxylation sites is 1. The lowest BCUT2D eigenvalue weighted by atomic mass is 10.2. The maximum atomic E-state index is 12.4. The van der Waals surface area contributed by atoms with Crippen LogP contribution in [0.5, 0.6) is 0 Å². The van der Waals surface area contributed by atoms with Gasteiger partial charge in [-0.1, -0.05) is 35.9 Å². The molecule has 23 heavy (non-hydrogen) atoms. The molecule has 0 atom stereocenters. The van der Waals surface area contributed by atoms with Crippen molar-refractivity contribution >= 4 is 34.7 Å². The minimum Gasteiger partial charge on any atom is -0.337 e. The zero-order valence-corrected chi connectivity index (χ0v) is 13.1. The second-order valence-electron chi connectivity index (χ2n) is 4.93. The minimum absolute atomic E-state index is 0.174. The Bertz CT molecular complexity index is 831. The number of H-pyrrole nitrogens is 1. The van der Waals surface area contributed by atoms with Crippen molar-refractivity contribution in [3.63, 3.8) is 0 Å². The Balaban J connectivity index is 1.81. The molecule has 0 saturated carbocycles. The number of hydrogen-bond donors (Lipinski definition) is 3. The summed E-state index contributed by atoms with van der Waals surface area (Å²) in [7, 11) is 0. The van der Waals surface area contributed by atoms with Gasteiger partial charge < -0.3 is 10.6 Å². The van der Waals surface area contributed by atoms with E-state index in [-0.39, 0.29) is 11.6 Å². The first-order valence-corrected chi connectivity index (χ1v) is 7.31. The van der Waals surface area contributed by atoms with Crippen molar-refractivity contribution in [3.8, 4) is 0 Å². The van der Waals surface area contributed by atoms with Gasteiger partial charge in [0, 0.05) is 16.4 Å². The van der Waals surface area contributed by atoms with Gasteiger partial charge in [-0.25, -0.2) is 0 Å². The van der Waals surface area contributed by atoms with Crippen molar-refractivity contribution in [1.82, 2.24) is 15.4 Å². The molecule has 0 aliphatic carbocycles. The van der Waals surface area contributed by atoms with E-state index < -0.39 is 0 Å². The SMILES string of the molecule is Cc1ccc(Cl)cc1NC(=O)c1n[nH]nc1Nc1ccccc1. The standard InChI is InChI=1S/C16H14ClN5O/c1-10-7-8-11(17)9-13(10)19-16(23)14-15(21-22-20-14)18-12-5-3-2-4-6-12/h2-9H,1H3,(H,19,23)(H2,18,20,21,22). The number of halogens is 1. The van der Waals surface area contributed by atoms with Crippen molar-refractivity contribution in [2.24, 2.45) is 0 Å². The van der Waals surface area contributed by atoms with Gasteiger partial charge in [-0.2, -0.15) is 5.21 Å². The van der Waals surface area contributed by atoms with E-state index >= 15 is 0 Å². The topological polar surface area (TPSA) is 82.7 Å². The first-order chi connectivity index (χ1) is 11.1. The summed E-state index contributed by atoms with van der Waals surface area (Å²) in [6.45, 7) is 1.89. The maximum Gasteiger partial charge on any atom is 0.280 e. The lowest BCUT2D eigenvalue weighted by Gasteiger charge is -2.08. The van der Waals surface area contributed by atoms with E-state index in [9.17, 15) is 4.79 Å². The van der Waals surface area contributed by atoms with E-state index in [1.165, 1.54) is 0 Å². The molecule has 6 nitrogen and oxygen atoms in total. The summed E-state index contributed by atoms with van der Waals surface area (Å²) in [5.41, 5.74) is 2.53. The number of aromatic amines is 1. The molecule has 0 unspecified atom stereocenters. The fourth-order valence-electron chi connectivity index (χ4n) is 2.04. The zero-order valence-electron chi connectivity index (χ0n) is 12.3. The van der Waals surface area contributed by atoms with Crippen molar-refractivity contribution in [3.05, 3.63) is 64.8 Å². The normalized spacial score (nSPS) is 10.3. The van der Waals surface area contributed by atoms with Crippen LogP contribution in [0, 0.1) is 6.92 Å². The highest BCUT2D eigenvalue weighted by Gasteiger charge is 2.17. The molecule has 116 valence electrons. The number of amides is 1. The Hall–Kier alpha value is -2.86. The molecule has 1 heterocycles. The summed E-state index contributed by atoms with van der Waals surface area (Å²) in [4.78, 5) is 12.4. The Morgan fingerprint density at radius 1 is 1.13 bits per heavy atom. The predicted octanol–water partition coefficient (Wildman–Crippen LogP) is 3.76. The molecule has 7 heteroatoms. The Kier molecular flexibility index (Phi) is 4.25. The average Bonchev–Trinajstić information content (AvgIpc) is 3.00. The molecule has 0 aliphatic heterocycles. The van der Waals surface area contributed by atoms with Crippen LogP contribution in [0.25, 0.3) is 0 Å². The number of nitrogens with one attached hydrogen (secondary N) is 3. The third-order valence-corrected chi connectivity index (χ3v) is 3.48. The van der Waals surface area contributed by atoms with Gasteiger partial charge >= 0.3 is 0 Å². The van der Waals surface area contributed by atoms with Crippen LogP contribution < -0.4 is 10.6 Å². The number of carbonyl (C=O) groups excluding carboxylic acids is 1. The highest BCUT2D eigenvalue weighted by molar-refractivity contribution is 6.31. The fourth-order valence-corrected chi connectivity index (χ4v) is 2.22. The summed E-state index contributed by atoms with van der Waals surface area (Å²) in [6.07, 6.45) is 0. The van der Waals surface area contributed by atoms with E-state index in [1.54, 1.807) is 12.1 Å². The molecule has 0 radical (unpaired) electrons. The number of aromatic nitrogens is 3. The van der Waals surface area contributed by atoms with Crippen LogP contribution >= 0.6 is 11.6 Å². The summed E-state index contributed by atoms with van der Waals surface area (Å²) in [6, 6.07) is 14.7. The van der Waals surface area contributed by atoms with Crippen LogP contribution in [0.3, 0.4) is 0 Å². The van der Waals surface area contributed by atoms with Crippen LogP contribution in [0.4, 0.5) is 17.2 Å². The average molecular weight is 328 g/mol. The van der Waals surface area contributed by atoms with Crippen molar-refractivity contribution in [2.75, 3.05) is 10.6 Å². The second kappa shape index (κ2) is 6.50. The molecule has 0 spiro atoms. The first-order valence-electron chi connectivity index (χ1n) is 6.94. The largest absolute Gasteiger partial charge is 0.337 e. The molecule has 1 aromatic heterocycles. The van der Waals surface area contributed by atoms with Crippen molar-refractivity contribution in [2.45, 2.75) is 6.92 Å². The highest BCUT2D eigenvalue weighted by Crippen LogP contribution is 2.22. The van der Waals surface area contributed by atoms with E-state index in [4.69, 9.17) is 11.6 Å². The third kappa shape index (κ3) is 3.49. The number of aryl methyl sites for hydroxylation is 1. The van der Waals surface area contributed by atoms with E-state index in [0.29, 0.717) is 16.5 Å². The smallest absolute Gasteiger partial charge is 0.280 e. The van der Waals surface area contributed by atoms with Crippen LogP contribution in [0.1, 0.15) is 16.1 Å². The first kappa shape index (κ1) is 15.1. The highest BCUT2D eigenvalue weighted by atomic mass is 35.5. The summed E-state index contributed by atoms with van der Waals surface area (Å²) >= 11 is 5.97. The van der Waals surface area contributed by atoms with Gasteiger partial charge in [0.05, 0.1) is 0 Å². The van der Waals surface area contributed by atoms with Crippen molar-refractivity contribution in [1.29, 1.82) is 0 Å². The molecular weight excluding hydrogens is 314 g/mol. The molecule has 1 amide bonds. The molecule has 0 bridgehead atoms. The number of anilines is 3. The Morgan fingerprint density at radius 3 is 2.70 bits per heavy atom. The molecule has 2 aromatic carbocycles. The summed E-state index contributed by atoms with van der Waals surface area (Å²) in [5.74, 6) is -0.0177. The van der Waals surface area contributed by atoms with Gasteiger partial charge in [-0.05, 0) is 36.8 Å². The summed E-state index contributed by atoms with van der Waals surface area (Å²) in [5, 5.41) is 16.8. The van der Waals surface area contributed by atoms with Crippen molar-refractivity contribution < 1.29 is 4.79 Å². The monoisotopic (exact) mass is 327 g/mol. The molecular formula is C16H14ClN5O. The number of hydrogen-bond acceptors (Lipinski definition) is 4. The van der Waals surface area contributed by atoms with Crippen LogP contribution in [0.15, 0.2) is 48.5 Å². The molecule has 3 aromatic rings. The lowest BCUT2D eigenvalue weighted by molar-refractivity contribution is 0.102. The van der Waals surface area contributed by atoms with Crippen LogP contribution in [-0.4, -0.2) is 21.3 Å². The maximum absolute atomic E-state index is 12.4. The van der Waals surface area contributed by atoms with Gasteiger partial charge in [0.2, 0.25) is 0 Å². The van der Waals surface area contributed by atoms with E-state index in [2.05, 4.69) is 26.0 Å². The Morgan fingerprint density at radius 2 is 1.91 bits per heavy atom. The van der Waals surface area contributed by atoms with Gasteiger partial charge in [-0.3, -0.25) is 4.79 Å². The van der Waals surface area contributed by atoms with Crippen LogP contribution in [-0.2, 0) is 0 Å². The molecule has 3 N–H and O–H groups in total. The predicted molar refractivity (Wildman–Crippen MR) is 90.2 cm³/mol. The second-order valence-corrected chi connectivity index (χ2v) is 5.36. The Labute approximate surface area is 137 Å². The number of rotatable bonds is 4. The molecule has 0 saturated heterocycles. The van der Waals surface area contributed by atoms with Gasteiger partial charge in [0.1, 0.15) is 0 Å². The summed E-state index contributed by atoms with van der Waals surface area (Å²) < 4.78 is 0. The van der Waals surface area contributed by atoms with Crippen LogP contribution in [0.2, 0.25) is 5.02 Å². The lowest BCUT2D eigenvalue weighted by Crippen LogP contribution is -2.15. The molecule has 3 rings (SSSR count). The minimum atomic E-state index is -0.373. The van der Waals surface area contributed by atoms with E-state index in [1.807, 2.05) is 43.3 Å². The molecule has 0 aliphatic rings. The zero-order chi connectivity index (χ0) is 16.2. The number of nitrogens with zero attached hydrogens (tertiary/aromatic N) is 2. The number of carbonyl (C=O) groups is 1. The van der Waals surface area contributed by atoms with Gasteiger partial charge in [0.25, 0.3) is 5.91 Å². The van der Waals surface area contributed by atoms with Gasteiger partial charge in [0.15, 0.2) is 11.5 Å². The fraction of sp³-hybridized carbons (Fsp3) is 0.0625.